The molecule has 0 atom stereocenters. The summed E-state index contributed by atoms with van der Waals surface area (Å²) in [6.07, 6.45) is 1.90. The number of aryl methyl sites for hydroxylation is 1. The molecule has 1 fully saturated rings. The van der Waals surface area contributed by atoms with Crippen molar-refractivity contribution >= 4 is 56.8 Å². The number of methoxy groups -OCH3 is 1. The highest BCUT2D eigenvalue weighted by molar-refractivity contribution is 8.00. The van der Waals surface area contributed by atoms with Gasteiger partial charge in [0.05, 0.1) is 36.3 Å². The van der Waals surface area contributed by atoms with Gasteiger partial charge in [-0.2, -0.15) is 0 Å². The van der Waals surface area contributed by atoms with Crippen LogP contribution in [0, 0.1) is 0 Å². The number of ether oxygens (including phenoxy) is 2. The number of thiazole rings is 1. The molecule has 0 bridgehead atoms. The fourth-order valence-electron chi connectivity index (χ4n) is 3.79. The number of rotatable bonds is 10. The van der Waals surface area contributed by atoms with Crippen molar-refractivity contribution in [2.75, 3.05) is 57.2 Å². The van der Waals surface area contributed by atoms with Crippen LogP contribution in [0.1, 0.15) is 18.9 Å². The fourth-order valence-corrected chi connectivity index (χ4v) is 5.64. The minimum absolute atomic E-state index is 0. The van der Waals surface area contributed by atoms with Gasteiger partial charge < -0.3 is 9.47 Å². The van der Waals surface area contributed by atoms with Crippen LogP contribution in [0.25, 0.3) is 10.2 Å². The molecule has 34 heavy (non-hydrogen) atoms. The Morgan fingerprint density at radius 1 is 1.21 bits per heavy atom. The monoisotopic (exact) mass is 521 g/mol. The van der Waals surface area contributed by atoms with Crippen molar-refractivity contribution in [1.29, 1.82) is 0 Å². The molecule has 6 nitrogen and oxygen atoms in total. The Balaban J connectivity index is 0.00000324. The molecule has 2 aromatic carbocycles. The number of nitrogens with zero attached hydrogens (tertiary/aromatic N) is 3. The Morgan fingerprint density at radius 3 is 2.68 bits per heavy atom. The lowest BCUT2D eigenvalue weighted by molar-refractivity contribution is -0.116. The molecule has 3 aromatic rings. The first-order valence-corrected chi connectivity index (χ1v) is 13.2. The standard InChI is InChI=1S/C25H31N3O3S2.ClH/c1-3-19-5-10-22-23(17-19)33-25(26-22)28(12-4-11-27-13-15-31-16-14-27)24(29)18-32-21-8-6-20(30-2)7-9-21;/h5-10,17H,3-4,11-16,18H2,1-2H3;1H. The number of hydrogen-bond acceptors (Lipinski definition) is 7. The van der Waals surface area contributed by atoms with Gasteiger partial charge in [0.15, 0.2) is 5.13 Å². The maximum absolute atomic E-state index is 13.3. The van der Waals surface area contributed by atoms with Gasteiger partial charge in [-0.15, -0.1) is 24.2 Å². The lowest BCUT2D eigenvalue weighted by Gasteiger charge is -2.27. The smallest absolute Gasteiger partial charge is 0.239 e. The van der Waals surface area contributed by atoms with E-state index in [0.29, 0.717) is 12.3 Å². The Hall–Kier alpha value is -1.84. The summed E-state index contributed by atoms with van der Waals surface area (Å²) in [5.41, 5.74) is 2.25. The molecule has 0 N–H and O–H groups in total. The van der Waals surface area contributed by atoms with E-state index in [1.54, 1.807) is 30.2 Å². The molecular weight excluding hydrogens is 490 g/mol. The number of morpholine rings is 1. The highest BCUT2D eigenvalue weighted by atomic mass is 35.5. The topological polar surface area (TPSA) is 54.9 Å². The third-order valence-electron chi connectivity index (χ3n) is 5.76. The first-order chi connectivity index (χ1) is 16.2. The molecule has 1 aliphatic rings. The van der Waals surface area contributed by atoms with Crippen molar-refractivity contribution < 1.29 is 14.3 Å². The van der Waals surface area contributed by atoms with E-state index in [0.717, 1.165) is 71.7 Å². The number of aromatic nitrogens is 1. The zero-order valence-electron chi connectivity index (χ0n) is 19.7. The largest absolute Gasteiger partial charge is 0.497 e. The van der Waals surface area contributed by atoms with Gasteiger partial charge in [-0.1, -0.05) is 24.3 Å². The highest BCUT2D eigenvalue weighted by Crippen LogP contribution is 2.31. The zero-order valence-corrected chi connectivity index (χ0v) is 22.1. The Labute approximate surface area is 216 Å². The fraction of sp³-hybridized carbons (Fsp3) is 0.440. The Morgan fingerprint density at radius 2 is 1.97 bits per heavy atom. The van der Waals surface area contributed by atoms with Crippen LogP contribution in [-0.2, 0) is 16.0 Å². The first-order valence-electron chi connectivity index (χ1n) is 11.4. The van der Waals surface area contributed by atoms with Gasteiger partial charge in [0.25, 0.3) is 0 Å². The van der Waals surface area contributed by atoms with Crippen LogP contribution in [-0.4, -0.2) is 68.0 Å². The number of hydrogen-bond donors (Lipinski definition) is 0. The third-order valence-corrected chi connectivity index (χ3v) is 7.80. The van der Waals surface area contributed by atoms with E-state index < -0.39 is 0 Å². The molecule has 9 heteroatoms. The minimum atomic E-state index is 0. The molecule has 0 radical (unpaired) electrons. The van der Waals surface area contributed by atoms with Crippen molar-refractivity contribution in [3.8, 4) is 5.75 Å². The second kappa shape index (κ2) is 13.3. The molecule has 184 valence electrons. The summed E-state index contributed by atoms with van der Waals surface area (Å²) in [4.78, 5) is 23.5. The quantitative estimate of drug-likeness (QED) is 0.344. The number of fused-ring (bicyclic) bond motifs is 1. The summed E-state index contributed by atoms with van der Waals surface area (Å²) in [6.45, 7) is 7.28. The predicted molar refractivity (Wildman–Crippen MR) is 144 cm³/mol. The Bertz CT molecular complexity index is 1060. The molecule has 1 aromatic heterocycles. The van der Waals surface area contributed by atoms with E-state index in [1.807, 2.05) is 29.2 Å². The molecular formula is C25H32ClN3O3S2. The number of benzene rings is 2. The lowest BCUT2D eigenvalue weighted by atomic mass is 10.2. The van der Waals surface area contributed by atoms with Crippen LogP contribution in [0.15, 0.2) is 47.4 Å². The van der Waals surface area contributed by atoms with Crippen LogP contribution in [0.5, 0.6) is 5.75 Å². The summed E-state index contributed by atoms with van der Waals surface area (Å²) in [7, 11) is 1.65. The number of carbonyl (C=O) groups is 1. The van der Waals surface area contributed by atoms with Crippen molar-refractivity contribution in [2.45, 2.75) is 24.7 Å². The van der Waals surface area contributed by atoms with E-state index in [9.17, 15) is 4.79 Å². The van der Waals surface area contributed by atoms with Crippen molar-refractivity contribution in [1.82, 2.24) is 9.88 Å². The molecule has 1 aliphatic heterocycles. The van der Waals surface area contributed by atoms with Crippen LogP contribution in [0.2, 0.25) is 0 Å². The van der Waals surface area contributed by atoms with Crippen molar-refractivity contribution in [3.63, 3.8) is 0 Å². The van der Waals surface area contributed by atoms with Crippen molar-refractivity contribution in [3.05, 3.63) is 48.0 Å². The average Bonchev–Trinajstić information content (AvgIpc) is 3.29. The number of anilines is 1. The normalized spacial score (nSPS) is 14.1. The average molecular weight is 522 g/mol. The van der Waals surface area contributed by atoms with Crippen LogP contribution in [0.3, 0.4) is 0 Å². The predicted octanol–water partition coefficient (Wildman–Crippen LogP) is 5.14. The van der Waals surface area contributed by atoms with Crippen LogP contribution in [0.4, 0.5) is 5.13 Å². The summed E-state index contributed by atoms with van der Waals surface area (Å²) in [5.74, 6) is 1.28. The molecule has 0 unspecified atom stereocenters. The van der Waals surface area contributed by atoms with Crippen molar-refractivity contribution in [2.24, 2.45) is 0 Å². The SMILES string of the molecule is CCc1ccc2nc(N(CCCN3CCOCC3)C(=O)CSc3ccc(OC)cc3)sc2c1.Cl. The Kier molecular flexibility index (Phi) is 10.5. The lowest BCUT2D eigenvalue weighted by Crippen LogP contribution is -2.39. The summed E-state index contributed by atoms with van der Waals surface area (Å²) in [5, 5.41) is 0.792. The maximum Gasteiger partial charge on any atom is 0.239 e. The molecule has 2 heterocycles. The second-order valence-electron chi connectivity index (χ2n) is 7.97. The summed E-state index contributed by atoms with van der Waals surface area (Å²) < 4.78 is 11.8. The van der Waals surface area contributed by atoms with Gasteiger partial charge in [0.2, 0.25) is 5.91 Å². The van der Waals surface area contributed by atoms with E-state index in [2.05, 4.69) is 30.0 Å². The first kappa shape index (κ1) is 26.8. The van der Waals surface area contributed by atoms with Crippen LogP contribution < -0.4 is 9.64 Å². The number of amides is 1. The van der Waals surface area contributed by atoms with Gasteiger partial charge in [0, 0.05) is 31.1 Å². The molecule has 1 amide bonds. The van der Waals surface area contributed by atoms with Gasteiger partial charge in [0.1, 0.15) is 5.75 Å². The van der Waals surface area contributed by atoms with E-state index in [1.165, 1.54) is 5.56 Å². The maximum atomic E-state index is 13.3. The van der Waals surface area contributed by atoms with E-state index in [-0.39, 0.29) is 18.3 Å². The molecule has 0 spiro atoms. The van der Waals surface area contributed by atoms with Gasteiger partial charge in [-0.3, -0.25) is 14.6 Å². The van der Waals surface area contributed by atoms with Crippen LogP contribution >= 0.6 is 35.5 Å². The summed E-state index contributed by atoms with van der Waals surface area (Å²) >= 11 is 3.16. The van der Waals surface area contributed by atoms with E-state index >= 15 is 0 Å². The minimum Gasteiger partial charge on any atom is -0.497 e. The highest BCUT2D eigenvalue weighted by Gasteiger charge is 2.21. The number of thioether (sulfide) groups is 1. The number of halogens is 1. The second-order valence-corrected chi connectivity index (χ2v) is 10.0. The number of carbonyl (C=O) groups excluding carboxylic acids is 1. The molecule has 1 saturated heterocycles. The molecule has 4 rings (SSSR count). The van der Waals surface area contributed by atoms with Gasteiger partial charge in [-0.05, 0) is 54.8 Å². The third kappa shape index (κ3) is 7.09. The zero-order chi connectivity index (χ0) is 23.0. The summed E-state index contributed by atoms with van der Waals surface area (Å²) in [6, 6.07) is 14.2. The molecule has 0 aliphatic carbocycles. The van der Waals surface area contributed by atoms with Gasteiger partial charge >= 0.3 is 0 Å². The molecule has 0 saturated carbocycles. The van der Waals surface area contributed by atoms with E-state index in [4.69, 9.17) is 14.5 Å². The van der Waals surface area contributed by atoms with Gasteiger partial charge in [-0.25, -0.2) is 4.98 Å².